The molecule has 2 aromatic rings. The number of amides is 4. The van der Waals surface area contributed by atoms with Crippen LogP contribution in [0.15, 0.2) is 34.9 Å². The summed E-state index contributed by atoms with van der Waals surface area (Å²) in [6.07, 6.45) is -3.85. The summed E-state index contributed by atoms with van der Waals surface area (Å²) in [4.78, 5) is 53.7. The molecule has 1 aliphatic heterocycles. The molecule has 0 bridgehead atoms. The zero-order valence-electron chi connectivity index (χ0n) is 18.6. The first-order valence-electron chi connectivity index (χ1n) is 10.6. The third-order valence-electron chi connectivity index (χ3n) is 5.08. The number of halogens is 4. The van der Waals surface area contributed by atoms with Gasteiger partial charge in [0.15, 0.2) is 0 Å². The first-order chi connectivity index (χ1) is 17.0. The van der Waals surface area contributed by atoms with Crippen LogP contribution in [0.3, 0.4) is 0 Å². The normalized spacial score (nSPS) is 14.3. The molecule has 3 N–H and O–H groups in total. The Labute approximate surface area is 210 Å². The predicted octanol–water partition coefficient (Wildman–Crippen LogP) is 2.01. The highest BCUT2D eigenvalue weighted by atomic mass is 79.9. The molecule has 1 aliphatic rings. The number of fused-ring (bicyclic) bond motifs is 1. The van der Waals surface area contributed by atoms with Crippen molar-refractivity contribution in [2.24, 2.45) is 0 Å². The van der Waals surface area contributed by atoms with Crippen LogP contribution in [0, 0.1) is 0 Å². The Morgan fingerprint density at radius 3 is 2.50 bits per heavy atom. The van der Waals surface area contributed by atoms with Gasteiger partial charge in [-0.1, -0.05) is 15.9 Å². The van der Waals surface area contributed by atoms with E-state index in [1.54, 1.807) is 11.5 Å². The average molecular weight is 576 g/mol. The number of alkyl halides is 3. The summed E-state index contributed by atoms with van der Waals surface area (Å²) in [6, 6.07) is 7.04. The standard InChI is InChI=1S/C21H21BrF3N5O6/c22-14-1-2-16-12(10-14)9-13(11-26-16)17(31)27-15-3-5-30(6-4-15)19(33)18(32)28-29-20(34)35-7-8-36-21(23,24)25/h1-2,9-11,15H,3-8H2,(H,27,31)(H,28,32)(H,29,34). The summed E-state index contributed by atoms with van der Waals surface area (Å²) in [5, 5.41) is 3.70. The number of benzene rings is 1. The first kappa shape index (κ1) is 27.1. The van der Waals surface area contributed by atoms with Gasteiger partial charge in [0.1, 0.15) is 6.61 Å². The van der Waals surface area contributed by atoms with E-state index in [0.29, 0.717) is 18.4 Å². The van der Waals surface area contributed by atoms with Gasteiger partial charge < -0.3 is 15.0 Å². The molecular formula is C21H21BrF3N5O6. The molecule has 1 saturated heterocycles. The van der Waals surface area contributed by atoms with Crippen LogP contribution in [0.4, 0.5) is 18.0 Å². The molecule has 194 valence electrons. The van der Waals surface area contributed by atoms with Crippen molar-refractivity contribution in [3.8, 4) is 0 Å². The van der Waals surface area contributed by atoms with E-state index in [-0.39, 0.29) is 25.0 Å². The fourth-order valence-electron chi connectivity index (χ4n) is 3.35. The van der Waals surface area contributed by atoms with Crippen molar-refractivity contribution in [2.75, 3.05) is 26.3 Å². The van der Waals surface area contributed by atoms with Gasteiger partial charge in [-0.2, -0.15) is 0 Å². The average Bonchev–Trinajstić information content (AvgIpc) is 2.84. The number of piperidine rings is 1. The summed E-state index contributed by atoms with van der Waals surface area (Å²) >= 11 is 3.38. The molecule has 11 nitrogen and oxygen atoms in total. The van der Waals surface area contributed by atoms with Gasteiger partial charge in [-0.25, -0.2) is 10.2 Å². The lowest BCUT2D eigenvalue weighted by atomic mass is 10.0. The molecule has 0 saturated carbocycles. The van der Waals surface area contributed by atoms with Crippen molar-refractivity contribution in [1.29, 1.82) is 0 Å². The van der Waals surface area contributed by atoms with Crippen LogP contribution < -0.4 is 16.2 Å². The zero-order valence-corrected chi connectivity index (χ0v) is 20.1. The van der Waals surface area contributed by atoms with Gasteiger partial charge in [-0.3, -0.25) is 29.5 Å². The smallest absolute Gasteiger partial charge is 0.446 e. The minimum Gasteiger partial charge on any atom is -0.446 e. The molecule has 0 spiro atoms. The number of hydrogen-bond acceptors (Lipinski definition) is 7. The fraction of sp³-hybridized carbons (Fsp3) is 0.381. The molecule has 15 heteroatoms. The number of carbonyl (C=O) groups is 4. The number of rotatable bonds is 5. The maximum absolute atomic E-state index is 12.6. The van der Waals surface area contributed by atoms with Crippen LogP contribution >= 0.6 is 15.9 Å². The Bertz CT molecular complexity index is 1140. The van der Waals surface area contributed by atoms with Crippen molar-refractivity contribution in [1.82, 2.24) is 26.1 Å². The Balaban J connectivity index is 1.39. The summed E-state index contributed by atoms with van der Waals surface area (Å²) in [6.45, 7) is -1.29. The molecule has 1 aromatic carbocycles. The predicted molar refractivity (Wildman–Crippen MR) is 121 cm³/mol. The van der Waals surface area contributed by atoms with Gasteiger partial charge in [0, 0.05) is 35.2 Å². The second-order valence-electron chi connectivity index (χ2n) is 7.61. The molecule has 1 aromatic heterocycles. The molecule has 1 fully saturated rings. The summed E-state index contributed by atoms with van der Waals surface area (Å²) < 4.78 is 44.1. The second kappa shape index (κ2) is 12.0. The van der Waals surface area contributed by atoms with E-state index in [0.717, 1.165) is 15.4 Å². The number of aromatic nitrogens is 1. The molecule has 0 atom stereocenters. The topological polar surface area (TPSA) is 139 Å². The molecule has 4 amide bonds. The molecule has 0 aliphatic carbocycles. The Morgan fingerprint density at radius 2 is 1.81 bits per heavy atom. The van der Waals surface area contributed by atoms with Crippen molar-refractivity contribution < 1.29 is 41.8 Å². The SMILES string of the molecule is O=C(NNC(=O)C(=O)N1CCC(NC(=O)c2cnc3ccc(Br)cc3c2)CC1)OCCOC(F)(F)F. The van der Waals surface area contributed by atoms with Crippen LogP contribution in [-0.4, -0.2) is 72.4 Å². The molecule has 0 unspecified atom stereocenters. The monoisotopic (exact) mass is 575 g/mol. The van der Waals surface area contributed by atoms with Crippen molar-refractivity contribution >= 4 is 50.6 Å². The molecule has 3 rings (SSSR count). The number of carbonyl (C=O) groups excluding carboxylic acids is 4. The Kier molecular flexibility index (Phi) is 9.03. The quantitative estimate of drug-likeness (QED) is 0.281. The van der Waals surface area contributed by atoms with Gasteiger partial charge in [0.25, 0.3) is 5.91 Å². The van der Waals surface area contributed by atoms with E-state index in [9.17, 15) is 32.3 Å². The first-order valence-corrected chi connectivity index (χ1v) is 11.4. The highest BCUT2D eigenvalue weighted by molar-refractivity contribution is 9.10. The second-order valence-corrected chi connectivity index (χ2v) is 8.53. The van der Waals surface area contributed by atoms with Crippen molar-refractivity contribution in [3.63, 3.8) is 0 Å². The lowest BCUT2D eigenvalue weighted by Gasteiger charge is -2.31. The van der Waals surface area contributed by atoms with E-state index < -0.39 is 37.5 Å². The highest BCUT2D eigenvalue weighted by Gasteiger charge is 2.29. The number of nitrogens with zero attached hydrogens (tertiary/aromatic N) is 2. The third-order valence-corrected chi connectivity index (χ3v) is 5.57. The third kappa shape index (κ3) is 8.05. The van der Waals surface area contributed by atoms with Gasteiger partial charge in [0.2, 0.25) is 0 Å². The number of likely N-dealkylation sites (tertiary alicyclic amines) is 1. The maximum Gasteiger partial charge on any atom is 0.522 e. The van der Waals surface area contributed by atoms with Crippen molar-refractivity contribution in [3.05, 3.63) is 40.5 Å². The molecule has 0 radical (unpaired) electrons. The lowest BCUT2D eigenvalue weighted by molar-refractivity contribution is -0.326. The maximum atomic E-state index is 12.6. The Hall–Kier alpha value is -3.46. The molecule has 2 heterocycles. The van der Waals surface area contributed by atoms with Crippen LogP contribution in [-0.2, 0) is 19.1 Å². The number of ether oxygens (including phenoxy) is 2. The summed E-state index contributed by atoms with van der Waals surface area (Å²) in [5.41, 5.74) is 4.72. The van der Waals surface area contributed by atoms with E-state index in [2.05, 4.69) is 35.7 Å². The number of nitrogens with one attached hydrogen (secondary N) is 3. The van der Waals surface area contributed by atoms with Gasteiger partial charge in [0.05, 0.1) is 17.7 Å². The summed E-state index contributed by atoms with van der Waals surface area (Å²) in [7, 11) is 0. The van der Waals surface area contributed by atoms with Gasteiger partial charge in [-0.05, 0) is 37.1 Å². The lowest BCUT2D eigenvalue weighted by Crippen LogP contribution is -2.53. The highest BCUT2D eigenvalue weighted by Crippen LogP contribution is 2.20. The Morgan fingerprint density at radius 1 is 1.08 bits per heavy atom. The van der Waals surface area contributed by atoms with Crippen LogP contribution in [0.5, 0.6) is 0 Å². The summed E-state index contributed by atoms with van der Waals surface area (Å²) in [5.74, 6) is -2.39. The number of pyridine rings is 1. The van der Waals surface area contributed by atoms with E-state index >= 15 is 0 Å². The van der Waals surface area contributed by atoms with Crippen LogP contribution in [0.1, 0.15) is 23.2 Å². The molecule has 36 heavy (non-hydrogen) atoms. The molecular weight excluding hydrogens is 555 g/mol. The van der Waals surface area contributed by atoms with E-state index in [1.807, 2.05) is 23.6 Å². The van der Waals surface area contributed by atoms with Gasteiger partial charge in [-0.15, -0.1) is 13.2 Å². The van der Waals surface area contributed by atoms with E-state index in [1.165, 1.54) is 11.1 Å². The fourth-order valence-corrected chi connectivity index (χ4v) is 3.73. The minimum atomic E-state index is -4.86. The van der Waals surface area contributed by atoms with E-state index in [4.69, 9.17) is 0 Å². The van der Waals surface area contributed by atoms with Gasteiger partial charge >= 0.3 is 24.3 Å². The minimum absolute atomic E-state index is 0.180. The zero-order chi connectivity index (χ0) is 26.3. The van der Waals surface area contributed by atoms with Crippen LogP contribution in [0.2, 0.25) is 0 Å². The van der Waals surface area contributed by atoms with Crippen molar-refractivity contribution in [2.45, 2.75) is 25.2 Å². The van der Waals surface area contributed by atoms with Crippen LogP contribution in [0.25, 0.3) is 10.9 Å². The number of hydrazine groups is 1. The number of hydrogen-bond donors (Lipinski definition) is 3. The largest absolute Gasteiger partial charge is 0.522 e.